The lowest BCUT2D eigenvalue weighted by Crippen LogP contribution is -2.65. The van der Waals surface area contributed by atoms with E-state index in [1.807, 2.05) is 0 Å². The smallest absolute Gasteiger partial charge is 0.335 e. The molecule has 0 aliphatic carbocycles. The molecule has 17 heteroatoms. The fraction of sp³-hybridized carbons (Fsp3) is 0.414. The Morgan fingerprint density at radius 1 is 0.804 bits per heavy atom. The number of carbonyl (C=O) groups excluding carboxylic acids is 1. The van der Waals surface area contributed by atoms with Crippen molar-refractivity contribution in [2.75, 3.05) is 0 Å². The third-order valence-electron chi connectivity index (χ3n) is 7.46. The van der Waals surface area contributed by atoms with Gasteiger partial charge in [-0.05, 0) is 25.1 Å². The second kappa shape index (κ2) is 12.7. The minimum Gasteiger partial charge on any atom is -0.507 e. The van der Waals surface area contributed by atoms with Crippen LogP contribution in [0, 0.1) is 0 Å². The predicted molar refractivity (Wildman–Crippen MR) is 149 cm³/mol. The van der Waals surface area contributed by atoms with Crippen molar-refractivity contribution >= 4 is 22.9 Å². The van der Waals surface area contributed by atoms with E-state index in [4.69, 9.17) is 28.1 Å². The maximum absolute atomic E-state index is 12.9. The number of phenolic OH excluding ortho intramolecular Hbond substituents is 3. The van der Waals surface area contributed by atoms with Gasteiger partial charge in [-0.15, -0.1) is 0 Å². The van der Waals surface area contributed by atoms with Gasteiger partial charge in [-0.25, -0.2) is 4.79 Å². The van der Waals surface area contributed by atoms with Crippen LogP contribution in [0.3, 0.4) is 0 Å². The molecular formula is C29H30O17. The van der Waals surface area contributed by atoms with Crippen LogP contribution in [0.4, 0.5) is 0 Å². The number of esters is 1. The molecule has 2 aliphatic heterocycles. The highest BCUT2D eigenvalue weighted by atomic mass is 16.8. The number of hydrogen-bond acceptors (Lipinski definition) is 16. The van der Waals surface area contributed by atoms with Crippen molar-refractivity contribution in [2.45, 2.75) is 75.3 Å². The van der Waals surface area contributed by atoms with E-state index in [0.29, 0.717) is 0 Å². The number of aromatic hydroxyl groups is 3. The van der Waals surface area contributed by atoms with Gasteiger partial charge in [-0.2, -0.15) is 0 Å². The fourth-order valence-corrected chi connectivity index (χ4v) is 5.14. The molecule has 0 unspecified atom stereocenters. The highest BCUT2D eigenvalue weighted by molar-refractivity contribution is 5.86. The van der Waals surface area contributed by atoms with Gasteiger partial charge in [0.15, 0.2) is 41.5 Å². The second-order valence-corrected chi connectivity index (χ2v) is 10.7. The number of rotatable bonds is 7. The van der Waals surface area contributed by atoms with Gasteiger partial charge in [0.2, 0.25) is 6.29 Å². The quantitative estimate of drug-likeness (QED) is 0.116. The number of fused-ring (bicyclic) bond motifs is 1. The molecule has 0 amide bonds. The molecule has 2 aliphatic rings. The molecule has 2 aromatic carbocycles. The van der Waals surface area contributed by atoms with Gasteiger partial charge >= 0.3 is 11.9 Å². The van der Waals surface area contributed by atoms with Crippen molar-refractivity contribution in [2.24, 2.45) is 0 Å². The molecule has 248 valence electrons. The summed E-state index contributed by atoms with van der Waals surface area (Å²) in [5.74, 6) is -4.47. The average molecular weight is 651 g/mol. The van der Waals surface area contributed by atoms with Crippen molar-refractivity contribution < 1.29 is 78.5 Å². The Morgan fingerprint density at radius 3 is 2.17 bits per heavy atom. The third kappa shape index (κ3) is 6.29. The first kappa shape index (κ1) is 32.9. The number of aliphatic carboxylic acids is 1. The Bertz CT molecular complexity index is 1690. The summed E-state index contributed by atoms with van der Waals surface area (Å²) in [4.78, 5) is 36.2. The number of carboxylic acids is 1. The van der Waals surface area contributed by atoms with E-state index in [1.165, 1.54) is 13.0 Å². The highest BCUT2D eigenvalue weighted by Crippen LogP contribution is 2.36. The topological polar surface area (TPSA) is 272 Å². The summed E-state index contributed by atoms with van der Waals surface area (Å²) in [5.41, 5.74) is -0.760. The molecule has 1 aromatic heterocycles. The molecule has 0 radical (unpaired) electrons. The summed E-state index contributed by atoms with van der Waals surface area (Å²) in [6.07, 6.45) is -17.6. The maximum Gasteiger partial charge on any atom is 0.335 e. The molecule has 2 fully saturated rings. The molecule has 3 aromatic rings. The van der Waals surface area contributed by atoms with Crippen LogP contribution < -0.4 is 10.2 Å². The molecule has 46 heavy (non-hydrogen) atoms. The number of aliphatic hydroxyl groups is 4. The van der Waals surface area contributed by atoms with Crippen LogP contribution in [0.5, 0.6) is 23.0 Å². The summed E-state index contributed by atoms with van der Waals surface area (Å²) >= 11 is 0. The molecule has 5 rings (SSSR count). The zero-order valence-electron chi connectivity index (χ0n) is 24.0. The Balaban J connectivity index is 1.50. The van der Waals surface area contributed by atoms with Crippen molar-refractivity contribution in [1.29, 1.82) is 0 Å². The highest BCUT2D eigenvalue weighted by Gasteiger charge is 2.53. The van der Waals surface area contributed by atoms with Crippen molar-refractivity contribution in [3.05, 3.63) is 46.6 Å². The summed E-state index contributed by atoms with van der Waals surface area (Å²) in [7, 11) is 0. The van der Waals surface area contributed by atoms with Gasteiger partial charge in [0, 0.05) is 30.7 Å². The first-order valence-corrected chi connectivity index (χ1v) is 13.7. The largest absolute Gasteiger partial charge is 0.507 e. The Labute approximate surface area is 257 Å². The van der Waals surface area contributed by atoms with E-state index >= 15 is 0 Å². The second-order valence-electron chi connectivity index (χ2n) is 10.7. The molecular weight excluding hydrogens is 620 g/mol. The number of carbonyl (C=O) groups is 2. The zero-order valence-corrected chi connectivity index (χ0v) is 24.0. The van der Waals surface area contributed by atoms with E-state index in [-0.39, 0.29) is 28.0 Å². The van der Waals surface area contributed by atoms with Gasteiger partial charge in [0.25, 0.3) is 0 Å². The van der Waals surface area contributed by atoms with Crippen LogP contribution in [-0.2, 0) is 28.5 Å². The monoisotopic (exact) mass is 650 g/mol. The van der Waals surface area contributed by atoms with E-state index in [2.05, 4.69) is 0 Å². The van der Waals surface area contributed by atoms with Crippen LogP contribution in [0.1, 0.15) is 13.8 Å². The van der Waals surface area contributed by atoms with Gasteiger partial charge in [-0.3, -0.25) is 9.59 Å². The molecule has 0 bridgehead atoms. The van der Waals surface area contributed by atoms with Crippen LogP contribution in [-0.4, -0.2) is 114 Å². The zero-order chi connectivity index (χ0) is 33.6. The number of ether oxygens (including phenoxy) is 5. The number of phenols is 3. The predicted octanol–water partition coefficient (Wildman–Crippen LogP) is -0.730. The van der Waals surface area contributed by atoms with Gasteiger partial charge in [-0.1, -0.05) is 0 Å². The number of benzene rings is 2. The van der Waals surface area contributed by atoms with E-state index < -0.39 is 96.0 Å². The molecule has 8 N–H and O–H groups in total. The van der Waals surface area contributed by atoms with E-state index in [0.717, 1.165) is 37.3 Å². The number of carboxylic acid groups (broad SMARTS) is 1. The lowest BCUT2D eigenvalue weighted by atomic mass is 9.97. The van der Waals surface area contributed by atoms with Crippen molar-refractivity contribution in [3.63, 3.8) is 0 Å². The molecule has 3 heterocycles. The summed E-state index contributed by atoms with van der Waals surface area (Å²) in [5, 5.41) is 82.0. The van der Waals surface area contributed by atoms with E-state index in [9.17, 15) is 55.2 Å². The molecule has 17 nitrogen and oxygen atoms in total. The minimum atomic E-state index is -2.08. The van der Waals surface area contributed by atoms with Gasteiger partial charge < -0.3 is 69.0 Å². The standard InChI is InChI=1S/C29H30O17/c1-9-20(35)24(42-10(2)30)23(38)28(41-9)46-26-22(37)21(36)25(27(39)40)45-29(26)43-12-6-15(33)19-16(34)8-17(44-18(19)7-12)11-3-4-13(31)14(32)5-11/h3-9,20-26,28-29,31-33,35-38H,1-2H3,(H,39,40)/t9-,20+,21+,22+,23-,24-,25+,26+,28+,29-/m1/s1. The minimum absolute atomic E-state index is 0.0777. The van der Waals surface area contributed by atoms with Crippen molar-refractivity contribution in [1.82, 2.24) is 0 Å². The van der Waals surface area contributed by atoms with E-state index in [1.54, 1.807) is 0 Å². The summed E-state index contributed by atoms with van der Waals surface area (Å²) < 4.78 is 33.1. The first-order chi connectivity index (χ1) is 21.7. The third-order valence-corrected chi connectivity index (χ3v) is 7.46. The Kier molecular flexibility index (Phi) is 9.09. The SMILES string of the molecule is CC(=O)O[C@@H]1[C@@H](O)[C@@H](C)O[C@@H](O[C@@H]2[C@H](Oc3cc(O)c4c(=O)cc(-c5ccc(O)c(O)c5)oc4c3)O[C@H](C(=O)O)[C@@H](O)[C@@H]2O)[C@@H]1O. The van der Waals surface area contributed by atoms with Gasteiger partial charge in [0.05, 0.1) is 6.10 Å². The van der Waals surface area contributed by atoms with Crippen LogP contribution in [0.2, 0.25) is 0 Å². The maximum atomic E-state index is 12.9. The molecule has 2 saturated heterocycles. The Morgan fingerprint density at radius 2 is 1.52 bits per heavy atom. The van der Waals surface area contributed by atoms with Crippen LogP contribution in [0.15, 0.2) is 45.6 Å². The summed E-state index contributed by atoms with van der Waals surface area (Å²) in [6.45, 7) is 2.42. The van der Waals surface area contributed by atoms with Crippen molar-refractivity contribution in [3.8, 4) is 34.3 Å². The molecule has 0 spiro atoms. The average Bonchev–Trinajstić information content (AvgIpc) is 2.98. The number of aliphatic hydroxyl groups excluding tert-OH is 4. The normalized spacial score (nSPS) is 31.3. The van der Waals surface area contributed by atoms with Crippen LogP contribution in [0.25, 0.3) is 22.3 Å². The summed E-state index contributed by atoms with van der Waals surface area (Å²) in [6, 6.07) is 6.75. The van der Waals surface area contributed by atoms with Gasteiger partial charge in [0.1, 0.15) is 52.6 Å². The molecule has 10 atom stereocenters. The fourth-order valence-electron chi connectivity index (χ4n) is 5.14. The first-order valence-electron chi connectivity index (χ1n) is 13.7. The lowest BCUT2D eigenvalue weighted by Gasteiger charge is -2.45. The number of hydrogen-bond donors (Lipinski definition) is 8. The lowest BCUT2D eigenvalue weighted by molar-refractivity contribution is -0.351. The Hall–Kier alpha value is -4.49. The van der Waals surface area contributed by atoms with Crippen LogP contribution >= 0.6 is 0 Å². The molecule has 0 saturated carbocycles.